The molecular weight excluding hydrogens is 226 g/mol. The Balaban J connectivity index is 2.75. The van der Waals surface area contributed by atoms with Gasteiger partial charge in [-0.2, -0.15) is 11.8 Å². The molecule has 1 rings (SSSR count). The Morgan fingerprint density at radius 1 is 1.31 bits per heavy atom. The van der Waals surface area contributed by atoms with Crippen LogP contribution in [-0.4, -0.2) is 46.0 Å². The number of β-amino-alcohol motifs (C(OH)–C–C–N with tert-alkyl or cyclic N) is 1. The molecule has 1 fully saturated rings. The molecule has 0 aliphatic carbocycles. The topological polar surface area (TPSA) is 57.6 Å². The van der Waals surface area contributed by atoms with Gasteiger partial charge in [0.05, 0.1) is 12.1 Å². The fourth-order valence-corrected chi connectivity index (χ4v) is 2.59. The van der Waals surface area contributed by atoms with Crippen LogP contribution in [0.15, 0.2) is 0 Å². The normalized spacial score (nSPS) is 29.7. The first-order valence-electron chi connectivity index (χ1n) is 5.36. The maximum Gasteiger partial charge on any atom is 0.232 e. The van der Waals surface area contributed by atoms with Gasteiger partial charge in [0.1, 0.15) is 0 Å². The summed E-state index contributed by atoms with van der Waals surface area (Å²) in [6.45, 7) is 5.26. The monoisotopic (exact) mass is 245 g/mol. The van der Waals surface area contributed by atoms with Crippen LogP contribution < -0.4 is 0 Å². The summed E-state index contributed by atoms with van der Waals surface area (Å²) in [6, 6.07) is 0. The number of imide groups is 1. The molecule has 5 heteroatoms. The first-order valence-corrected chi connectivity index (χ1v) is 6.76. The van der Waals surface area contributed by atoms with Gasteiger partial charge in [-0.3, -0.25) is 14.5 Å². The van der Waals surface area contributed by atoms with E-state index in [4.69, 9.17) is 0 Å². The average molecular weight is 245 g/mol. The van der Waals surface area contributed by atoms with Crippen molar-refractivity contribution in [1.82, 2.24) is 4.90 Å². The number of hydrogen-bond donors (Lipinski definition) is 1. The molecular formula is C11H19NO3S. The van der Waals surface area contributed by atoms with E-state index in [1.165, 1.54) is 16.7 Å². The van der Waals surface area contributed by atoms with Crippen molar-refractivity contribution in [2.75, 3.05) is 18.6 Å². The highest BCUT2D eigenvalue weighted by Crippen LogP contribution is 2.27. The lowest BCUT2D eigenvalue weighted by Gasteiger charge is -2.27. The van der Waals surface area contributed by atoms with Crippen LogP contribution in [-0.2, 0) is 9.59 Å². The Hall–Kier alpha value is -0.550. The lowest BCUT2D eigenvalue weighted by Crippen LogP contribution is -2.45. The van der Waals surface area contributed by atoms with Crippen molar-refractivity contribution >= 4 is 23.6 Å². The molecule has 3 unspecified atom stereocenters. The van der Waals surface area contributed by atoms with Gasteiger partial charge in [-0.15, -0.1) is 0 Å². The van der Waals surface area contributed by atoms with E-state index in [-0.39, 0.29) is 30.2 Å². The van der Waals surface area contributed by atoms with E-state index in [1.54, 1.807) is 20.8 Å². The Morgan fingerprint density at radius 3 is 2.12 bits per heavy atom. The van der Waals surface area contributed by atoms with Crippen molar-refractivity contribution in [3.05, 3.63) is 0 Å². The molecule has 92 valence electrons. The maximum atomic E-state index is 11.8. The molecule has 1 saturated heterocycles. The summed E-state index contributed by atoms with van der Waals surface area (Å²) in [6.07, 6.45) is 1.88. The van der Waals surface area contributed by atoms with E-state index in [1.807, 2.05) is 6.26 Å². The largest absolute Gasteiger partial charge is 0.387 e. The second-order valence-electron chi connectivity index (χ2n) is 4.77. The van der Waals surface area contributed by atoms with Gasteiger partial charge in [-0.05, 0) is 13.2 Å². The molecule has 0 saturated carbocycles. The molecule has 1 heterocycles. The minimum atomic E-state index is -1.01. The number of nitrogens with zero attached hydrogens (tertiary/aromatic N) is 1. The molecule has 0 spiro atoms. The van der Waals surface area contributed by atoms with Gasteiger partial charge in [-0.25, -0.2) is 0 Å². The van der Waals surface area contributed by atoms with Crippen LogP contribution in [0.3, 0.4) is 0 Å². The molecule has 0 radical (unpaired) electrons. The van der Waals surface area contributed by atoms with Crippen molar-refractivity contribution in [1.29, 1.82) is 0 Å². The first-order chi connectivity index (χ1) is 7.30. The number of aliphatic hydroxyl groups is 1. The minimum Gasteiger partial charge on any atom is -0.387 e. The Labute approximate surface area is 100 Å². The number of rotatable bonds is 4. The van der Waals surface area contributed by atoms with Gasteiger partial charge in [0.2, 0.25) is 11.8 Å². The van der Waals surface area contributed by atoms with Crippen LogP contribution in [0.4, 0.5) is 0 Å². The van der Waals surface area contributed by atoms with Crippen LogP contribution in [0.1, 0.15) is 20.8 Å². The number of amides is 2. The number of likely N-dealkylation sites (tertiary alicyclic amines) is 1. The zero-order valence-corrected chi connectivity index (χ0v) is 11.0. The molecule has 2 amide bonds. The van der Waals surface area contributed by atoms with Gasteiger partial charge in [0.15, 0.2) is 0 Å². The van der Waals surface area contributed by atoms with Gasteiger partial charge in [-0.1, -0.05) is 13.8 Å². The fourth-order valence-electron chi connectivity index (χ4n) is 1.88. The van der Waals surface area contributed by atoms with E-state index in [0.717, 1.165) is 0 Å². The van der Waals surface area contributed by atoms with Crippen LogP contribution >= 0.6 is 11.8 Å². The lowest BCUT2D eigenvalue weighted by atomic mass is 10.00. The summed E-state index contributed by atoms with van der Waals surface area (Å²) >= 11 is 1.50. The quantitative estimate of drug-likeness (QED) is 0.742. The number of carbonyl (C=O) groups is 2. The van der Waals surface area contributed by atoms with E-state index >= 15 is 0 Å². The van der Waals surface area contributed by atoms with Gasteiger partial charge < -0.3 is 5.11 Å². The molecule has 0 aromatic heterocycles. The van der Waals surface area contributed by atoms with Gasteiger partial charge in [0.25, 0.3) is 0 Å². The van der Waals surface area contributed by atoms with E-state index in [9.17, 15) is 14.7 Å². The highest BCUT2D eigenvalue weighted by atomic mass is 32.2. The van der Waals surface area contributed by atoms with Crippen LogP contribution in [0.25, 0.3) is 0 Å². The highest BCUT2D eigenvalue weighted by Gasteiger charge is 2.44. The summed E-state index contributed by atoms with van der Waals surface area (Å²) in [5.74, 6) is -0.361. The second-order valence-corrected chi connectivity index (χ2v) is 5.64. The number of hydrogen-bond acceptors (Lipinski definition) is 4. The summed E-state index contributed by atoms with van der Waals surface area (Å²) < 4.78 is 0. The molecule has 0 bridgehead atoms. The van der Waals surface area contributed by atoms with E-state index < -0.39 is 5.60 Å². The van der Waals surface area contributed by atoms with Crippen LogP contribution in [0.5, 0.6) is 0 Å². The van der Waals surface area contributed by atoms with Crippen molar-refractivity contribution in [2.45, 2.75) is 26.4 Å². The summed E-state index contributed by atoms with van der Waals surface area (Å²) in [7, 11) is 0. The molecule has 0 aromatic rings. The minimum absolute atomic E-state index is 0.0974. The third kappa shape index (κ3) is 2.58. The predicted molar refractivity (Wildman–Crippen MR) is 64.1 cm³/mol. The summed E-state index contributed by atoms with van der Waals surface area (Å²) in [5.41, 5.74) is -1.01. The fraction of sp³-hybridized carbons (Fsp3) is 0.818. The average Bonchev–Trinajstić information content (AvgIpc) is 2.35. The third-order valence-corrected chi connectivity index (χ3v) is 3.93. The molecule has 1 N–H and O–H groups in total. The number of thioether (sulfide) groups is 1. The lowest BCUT2D eigenvalue weighted by molar-refractivity contribution is -0.143. The standard InChI is InChI=1S/C11H19NO3S/c1-7-8(2)10(14)12(9(7)13)5-11(3,15)6-16-4/h7-8,15H,5-6H2,1-4H3. The molecule has 16 heavy (non-hydrogen) atoms. The molecule has 3 atom stereocenters. The Bertz CT molecular complexity index is 284. The van der Waals surface area contributed by atoms with Crippen molar-refractivity contribution < 1.29 is 14.7 Å². The molecule has 4 nitrogen and oxygen atoms in total. The third-order valence-electron chi connectivity index (χ3n) is 3.02. The van der Waals surface area contributed by atoms with Crippen LogP contribution in [0, 0.1) is 11.8 Å². The zero-order valence-electron chi connectivity index (χ0n) is 10.2. The second kappa shape index (κ2) is 4.75. The SMILES string of the molecule is CSCC(C)(O)CN1C(=O)C(C)C(C)C1=O. The van der Waals surface area contributed by atoms with Crippen molar-refractivity contribution in [2.24, 2.45) is 11.8 Å². The smallest absolute Gasteiger partial charge is 0.232 e. The van der Waals surface area contributed by atoms with Gasteiger partial charge in [0, 0.05) is 17.6 Å². The molecule has 1 aliphatic rings. The van der Waals surface area contributed by atoms with E-state index in [2.05, 4.69) is 0 Å². The summed E-state index contributed by atoms with van der Waals surface area (Å²) in [5, 5.41) is 10.0. The predicted octanol–water partition coefficient (Wildman–Crippen LogP) is 0.741. The molecule has 0 aromatic carbocycles. The first kappa shape index (κ1) is 13.5. The Morgan fingerprint density at radius 2 is 1.75 bits per heavy atom. The Kier molecular flexibility index (Phi) is 4.02. The van der Waals surface area contributed by atoms with Crippen molar-refractivity contribution in [3.8, 4) is 0 Å². The molecule has 1 aliphatic heterocycles. The summed E-state index contributed by atoms with van der Waals surface area (Å²) in [4.78, 5) is 24.8. The van der Waals surface area contributed by atoms with Crippen molar-refractivity contribution in [3.63, 3.8) is 0 Å². The van der Waals surface area contributed by atoms with Gasteiger partial charge >= 0.3 is 0 Å². The number of carbonyl (C=O) groups excluding carboxylic acids is 2. The van der Waals surface area contributed by atoms with Crippen LogP contribution in [0.2, 0.25) is 0 Å². The zero-order chi connectivity index (χ0) is 12.5. The maximum absolute atomic E-state index is 11.8. The highest BCUT2D eigenvalue weighted by molar-refractivity contribution is 7.98. The van der Waals surface area contributed by atoms with E-state index in [0.29, 0.717) is 5.75 Å².